The van der Waals surface area contributed by atoms with Crippen LogP contribution in [-0.2, 0) is 6.54 Å². The van der Waals surface area contributed by atoms with Crippen LogP contribution in [0.15, 0.2) is 29.8 Å². The van der Waals surface area contributed by atoms with Gasteiger partial charge in [-0.1, -0.05) is 6.07 Å². The van der Waals surface area contributed by atoms with Crippen molar-refractivity contribution in [3.63, 3.8) is 0 Å². The van der Waals surface area contributed by atoms with Gasteiger partial charge >= 0.3 is 0 Å². The van der Waals surface area contributed by atoms with Crippen LogP contribution in [0.2, 0.25) is 0 Å². The molecule has 0 radical (unpaired) electrons. The van der Waals surface area contributed by atoms with Crippen LogP contribution in [0, 0.1) is 11.7 Å². The molecule has 0 fully saturated rings. The highest BCUT2D eigenvalue weighted by molar-refractivity contribution is 7.71. The number of nitrogens with one attached hydrogen (secondary N) is 1. The fraction of sp³-hybridized carbons (Fsp3) is 0.167. The first-order valence-corrected chi connectivity index (χ1v) is 6.61. The van der Waals surface area contributed by atoms with Gasteiger partial charge in [-0.05, 0) is 42.2 Å². The van der Waals surface area contributed by atoms with Crippen molar-refractivity contribution in [3.05, 3.63) is 45.0 Å². The van der Waals surface area contributed by atoms with Gasteiger partial charge in [-0.15, -0.1) is 11.3 Å². The molecule has 17 heavy (non-hydrogen) atoms. The fourth-order valence-corrected chi connectivity index (χ4v) is 2.82. The van der Waals surface area contributed by atoms with Crippen LogP contribution in [-0.4, -0.2) is 14.5 Å². The van der Waals surface area contributed by atoms with Crippen molar-refractivity contribution >= 4 is 34.7 Å². The van der Waals surface area contributed by atoms with Crippen molar-refractivity contribution < 1.29 is 0 Å². The van der Waals surface area contributed by atoms with Crippen molar-refractivity contribution in [1.29, 1.82) is 0 Å². The van der Waals surface area contributed by atoms with Gasteiger partial charge in [0, 0.05) is 11.1 Å². The molecule has 0 atom stereocenters. The number of pyridine rings is 1. The van der Waals surface area contributed by atoms with Crippen LogP contribution in [0.3, 0.4) is 0 Å². The highest BCUT2D eigenvalue weighted by Crippen LogP contribution is 2.18. The van der Waals surface area contributed by atoms with Gasteiger partial charge in [-0.2, -0.15) is 0 Å². The van der Waals surface area contributed by atoms with E-state index in [1.807, 2.05) is 16.8 Å². The zero-order valence-electron chi connectivity index (χ0n) is 9.30. The largest absolute Gasteiger partial charge is 0.329 e. The lowest BCUT2D eigenvalue weighted by Crippen LogP contribution is -1.98. The molecule has 3 aromatic heterocycles. The summed E-state index contributed by atoms with van der Waals surface area (Å²) < 4.78 is 2.78. The number of rotatable bonds is 2. The molecule has 3 rings (SSSR count). The van der Waals surface area contributed by atoms with E-state index in [-0.39, 0.29) is 0 Å². The van der Waals surface area contributed by atoms with E-state index in [1.54, 1.807) is 11.3 Å². The number of imidazole rings is 1. The molecule has 3 aromatic rings. The summed E-state index contributed by atoms with van der Waals surface area (Å²) in [6.45, 7) is 2.84. The Morgan fingerprint density at radius 1 is 1.47 bits per heavy atom. The number of fused-ring (bicyclic) bond motifs is 1. The Bertz CT molecular complexity index is 707. The minimum absolute atomic E-state index is 0.732. The van der Waals surface area contributed by atoms with Crippen molar-refractivity contribution in [2.45, 2.75) is 13.5 Å². The second kappa shape index (κ2) is 4.09. The molecule has 0 aliphatic carbocycles. The second-order valence-corrected chi connectivity index (χ2v) is 5.34. The summed E-state index contributed by atoms with van der Waals surface area (Å²) in [7, 11) is 0. The van der Waals surface area contributed by atoms with Gasteiger partial charge in [0.15, 0.2) is 10.4 Å². The maximum Gasteiger partial charge on any atom is 0.179 e. The normalized spacial score (nSPS) is 11.1. The minimum Gasteiger partial charge on any atom is -0.329 e. The summed E-state index contributed by atoms with van der Waals surface area (Å²) in [5.74, 6) is 0. The first-order valence-electron chi connectivity index (χ1n) is 5.32. The van der Waals surface area contributed by atoms with Crippen LogP contribution in [0.4, 0.5) is 0 Å². The number of aryl methyl sites for hydroxylation is 1. The Hall–Kier alpha value is -1.46. The van der Waals surface area contributed by atoms with Crippen LogP contribution in [0.5, 0.6) is 0 Å². The molecule has 0 aromatic carbocycles. The molecule has 3 heterocycles. The van der Waals surface area contributed by atoms with Crippen molar-refractivity contribution in [2.24, 2.45) is 0 Å². The quantitative estimate of drug-likeness (QED) is 0.716. The molecule has 3 nitrogen and oxygen atoms in total. The summed E-state index contributed by atoms with van der Waals surface area (Å²) in [6.07, 6.45) is 1.82. The van der Waals surface area contributed by atoms with Gasteiger partial charge in [0.1, 0.15) is 0 Å². The van der Waals surface area contributed by atoms with Crippen LogP contribution < -0.4 is 0 Å². The molecule has 0 saturated carbocycles. The average molecular weight is 261 g/mol. The summed E-state index contributed by atoms with van der Waals surface area (Å²) in [4.78, 5) is 8.92. The van der Waals surface area contributed by atoms with E-state index in [4.69, 9.17) is 12.2 Å². The van der Waals surface area contributed by atoms with Gasteiger partial charge in [0.25, 0.3) is 0 Å². The molecule has 0 unspecified atom stereocenters. The van der Waals surface area contributed by atoms with E-state index in [0.29, 0.717) is 0 Å². The lowest BCUT2D eigenvalue weighted by Gasteiger charge is -2.01. The molecule has 5 heteroatoms. The number of nitrogens with zero attached hydrogens (tertiary/aromatic N) is 2. The molecule has 0 spiro atoms. The molecule has 0 aliphatic rings. The molecule has 0 aliphatic heterocycles. The van der Waals surface area contributed by atoms with Crippen molar-refractivity contribution in [1.82, 2.24) is 14.5 Å². The Morgan fingerprint density at radius 2 is 2.35 bits per heavy atom. The predicted molar refractivity (Wildman–Crippen MR) is 73.1 cm³/mol. The monoisotopic (exact) mass is 261 g/mol. The number of aromatic amines is 1. The highest BCUT2D eigenvalue weighted by atomic mass is 32.1. The number of thiophene rings is 1. The molecule has 0 bridgehead atoms. The summed E-state index contributed by atoms with van der Waals surface area (Å²) >= 11 is 7.09. The smallest absolute Gasteiger partial charge is 0.179 e. The lowest BCUT2D eigenvalue weighted by molar-refractivity contribution is 0.813. The first kappa shape index (κ1) is 10.7. The van der Waals surface area contributed by atoms with Gasteiger partial charge in [0.05, 0.1) is 12.1 Å². The van der Waals surface area contributed by atoms with Crippen LogP contribution in [0.25, 0.3) is 11.2 Å². The summed E-state index contributed by atoms with van der Waals surface area (Å²) in [5.41, 5.74) is 3.14. The van der Waals surface area contributed by atoms with E-state index in [9.17, 15) is 0 Å². The van der Waals surface area contributed by atoms with E-state index in [1.165, 1.54) is 10.4 Å². The number of hydrogen-bond acceptors (Lipinski definition) is 3. The van der Waals surface area contributed by atoms with E-state index < -0.39 is 0 Å². The zero-order chi connectivity index (χ0) is 11.8. The van der Waals surface area contributed by atoms with Crippen molar-refractivity contribution in [3.8, 4) is 0 Å². The third-order valence-corrected chi connectivity index (χ3v) is 3.95. The van der Waals surface area contributed by atoms with E-state index in [2.05, 4.69) is 34.4 Å². The second-order valence-electron chi connectivity index (χ2n) is 3.92. The van der Waals surface area contributed by atoms with Gasteiger partial charge in [-0.25, -0.2) is 4.98 Å². The molecule has 0 amide bonds. The number of aromatic nitrogens is 3. The summed E-state index contributed by atoms with van der Waals surface area (Å²) in [6, 6.07) is 6.15. The first-order chi connectivity index (χ1) is 8.25. The van der Waals surface area contributed by atoms with E-state index >= 15 is 0 Å². The van der Waals surface area contributed by atoms with Gasteiger partial charge in [-0.3, -0.25) is 4.57 Å². The number of H-pyrrole nitrogens is 1. The fourth-order valence-electron chi connectivity index (χ4n) is 1.88. The molecular weight excluding hydrogens is 250 g/mol. The summed E-state index contributed by atoms with van der Waals surface area (Å²) in [5, 5.41) is 2.08. The highest BCUT2D eigenvalue weighted by Gasteiger charge is 2.08. The van der Waals surface area contributed by atoms with Crippen LogP contribution in [0.1, 0.15) is 10.4 Å². The molecular formula is C12H11N3S2. The Morgan fingerprint density at radius 3 is 3.12 bits per heavy atom. The Labute approximate surface area is 108 Å². The maximum absolute atomic E-state index is 5.36. The third-order valence-electron chi connectivity index (χ3n) is 2.77. The van der Waals surface area contributed by atoms with E-state index in [0.717, 1.165) is 22.5 Å². The average Bonchev–Trinajstić information content (AvgIpc) is 2.91. The zero-order valence-corrected chi connectivity index (χ0v) is 10.9. The topological polar surface area (TPSA) is 33.6 Å². The lowest BCUT2D eigenvalue weighted by atomic mass is 10.3. The number of hydrogen-bond donors (Lipinski definition) is 1. The molecule has 0 saturated heterocycles. The van der Waals surface area contributed by atoms with Crippen LogP contribution >= 0.6 is 23.6 Å². The molecule has 1 N–H and O–H groups in total. The van der Waals surface area contributed by atoms with Gasteiger partial charge in [0.2, 0.25) is 0 Å². The SMILES string of the molecule is Cc1ccnc2c1[nH]c(=S)n2Cc1cccs1. The Balaban J connectivity index is 2.19. The third kappa shape index (κ3) is 1.81. The maximum atomic E-state index is 5.36. The minimum atomic E-state index is 0.732. The predicted octanol–water partition coefficient (Wildman–Crippen LogP) is 3.51. The van der Waals surface area contributed by atoms with Crippen molar-refractivity contribution in [2.75, 3.05) is 0 Å². The van der Waals surface area contributed by atoms with Gasteiger partial charge < -0.3 is 4.98 Å². The standard InChI is InChI=1S/C12H11N3S2/c1-8-4-5-13-11-10(8)14-12(16)15(11)7-9-3-2-6-17-9/h2-6H,7H2,1H3,(H,14,16). The Kier molecular flexibility index (Phi) is 2.57. The molecule has 86 valence electrons.